The standard InChI is InChI=1S/C7H11N3O2S/c1-11-7(12-2)10-3-4-13-6(10)9-5-8/h7H,3-4H2,1-2H3. The van der Waals surface area contributed by atoms with Crippen LogP contribution in [-0.2, 0) is 9.47 Å². The van der Waals surface area contributed by atoms with Crippen LogP contribution >= 0.6 is 11.8 Å². The molecule has 0 unspecified atom stereocenters. The number of hydrogen-bond acceptors (Lipinski definition) is 5. The highest BCUT2D eigenvalue weighted by atomic mass is 32.2. The molecular formula is C7H11N3O2S. The molecule has 0 amide bonds. The Bertz CT molecular complexity index is 234. The fourth-order valence-electron chi connectivity index (χ4n) is 1.10. The summed E-state index contributed by atoms with van der Waals surface area (Å²) in [5, 5.41) is 9.08. The van der Waals surface area contributed by atoms with Gasteiger partial charge in [-0.25, -0.2) is 0 Å². The van der Waals surface area contributed by atoms with Gasteiger partial charge in [-0.3, -0.25) is 0 Å². The normalized spacial score (nSPS) is 19.8. The second-order valence-corrected chi connectivity index (χ2v) is 3.38. The van der Waals surface area contributed by atoms with Gasteiger partial charge in [-0.05, 0) is 0 Å². The van der Waals surface area contributed by atoms with Crippen LogP contribution < -0.4 is 0 Å². The molecule has 0 radical (unpaired) electrons. The first-order valence-corrected chi connectivity index (χ1v) is 4.74. The van der Waals surface area contributed by atoms with E-state index < -0.39 is 6.41 Å². The largest absolute Gasteiger partial charge is 0.339 e. The Hall–Kier alpha value is -0.770. The van der Waals surface area contributed by atoms with Crippen molar-refractivity contribution < 1.29 is 9.47 Å². The van der Waals surface area contributed by atoms with E-state index in [0.717, 1.165) is 12.3 Å². The Kier molecular flexibility index (Phi) is 4.02. The Morgan fingerprint density at radius 1 is 1.62 bits per heavy atom. The van der Waals surface area contributed by atoms with Crippen LogP contribution in [0.1, 0.15) is 0 Å². The van der Waals surface area contributed by atoms with Crippen LogP contribution in [0, 0.1) is 11.5 Å². The molecule has 0 aliphatic carbocycles. The molecule has 1 aliphatic rings. The maximum atomic E-state index is 8.41. The Morgan fingerprint density at radius 2 is 2.31 bits per heavy atom. The molecular weight excluding hydrogens is 190 g/mol. The summed E-state index contributed by atoms with van der Waals surface area (Å²) < 4.78 is 10.1. The van der Waals surface area contributed by atoms with Crippen LogP contribution in [0.2, 0.25) is 0 Å². The number of thioether (sulfide) groups is 1. The van der Waals surface area contributed by atoms with Crippen molar-refractivity contribution in [3.63, 3.8) is 0 Å². The number of aliphatic imine (C=N–C) groups is 1. The zero-order valence-corrected chi connectivity index (χ0v) is 8.37. The monoisotopic (exact) mass is 201 g/mol. The number of nitriles is 1. The SMILES string of the molecule is COC(OC)N1CCSC1=NC#N. The highest BCUT2D eigenvalue weighted by Gasteiger charge is 2.26. The molecule has 13 heavy (non-hydrogen) atoms. The van der Waals surface area contributed by atoms with Crippen molar-refractivity contribution in [2.45, 2.75) is 6.41 Å². The fraction of sp³-hybridized carbons (Fsp3) is 0.714. The Labute approximate surface area is 81.3 Å². The minimum Gasteiger partial charge on any atom is -0.339 e. The van der Waals surface area contributed by atoms with E-state index in [0.29, 0.717) is 5.17 Å². The van der Waals surface area contributed by atoms with E-state index in [4.69, 9.17) is 14.7 Å². The van der Waals surface area contributed by atoms with Crippen LogP contribution in [0.5, 0.6) is 0 Å². The lowest BCUT2D eigenvalue weighted by atomic mass is 10.6. The molecule has 72 valence electrons. The van der Waals surface area contributed by atoms with Gasteiger partial charge in [0, 0.05) is 26.5 Å². The van der Waals surface area contributed by atoms with Crippen molar-refractivity contribution in [2.75, 3.05) is 26.5 Å². The van der Waals surface area contributed by atoms with Gasteiger partial charge in [-0.2, -0.15) is 5.26 Å². The van der Waals surface area contributed by atoms with Crippen LogP contribution in [-0.4, -0.2) is 43.0 Å². The quantitative estimate of drug-likeness (QED) is 0.490. The van der Waals surface area contributed by atoms with Crippen LogP contribution in [0.25, 0.3) is 0 Å². The van der Waals surface area contributed by atoms with Gasteiger partial charge in [0.1, 0.15) is 0 Å². The molecule has 0 N–H and O–H groups in total. The summed E-state index contributed by atoms with van der Waals surface area (Å²) in [6.07, 6.45) is 1.31. The lowest BCUT2D eigenvalue weighted by Gasteiger charge is -2.25. The number of methoxy groups -OCH3 is 2. The summed E-state index contributed by atoms with van der Waals surface area (Å²) >= 11 is 1.53. The van der Waals surface area contributed by atoms with Gasteiger partial charge < -0.3 is 14.4 Å². The molecule has 1 rings (SSSR count). The number of ether oxygens (including phenoxy) is 2. The molecule has 1 fully saturated rings. The maximum Gasteiger partial charge on any atom is 0.241 e. The van der Waals surface area contributed by atoms with E-state index in [1.54, 1.807) is 20.4 Å². The Balaban J connectivity index is 2.68. The lowest BCUT2D eigenvalue weighted by Crippen LogP contribution is -2.38. The topological polar surface area (TPSA) is 57.9 Å². The highest BCUT2D eigenvalue weighted by molar-refractivity contribution is 8.14. The molecule has 0 bridgehead atoms. The van der Waals surface area contributed by atoms with Crippen LogP contribution in [0.4, 0.5) is 0 Å². The molecule has 0 aromatic rings. The highest BCUT2D eigenvalue weighted by Crippen LogP contribution is 2.20. The summed E-state index contributed by atoms with van der Waals surface area (Å²) in [6.45, 7) is 0.789. The Morgan fingerprint density at radius 3 is 2.85 bits per heavy atom. The van der Waals surface area contributed by atoms with E-state index >= 15 is 0 Å². The third kappa shape index (κ3) is 2.34. The predicted octanol–water partition coefficient (Wildman–Crippen LogP) is 0.449. The van der Waals surface area contributed by atoms with Gasteiger partial charge in [0.15, 0.2) is 5.17 Å². The van der Waals surface area contributed by atoms with Crippen LogP contribution in [0.15, 0.2) is 4.99 Å². The van der Waals surface area contributed by atoms with Crippen molar-refractivity contribution in [1.82, 2.24) is 4.90 Å². The first-order valence-electron chi connectivity index (χ1n) is 3.75. The summed E-state index contributed by atoms with van der Waals surface area (Å²) in [6, 6.07) is 0. The van der Waals surface area contributed by atoms with Crippen LogP contribution in [0.3, 0.4) is 0 Å². The second kappa shape index (κ2) is 5.07. The zero-order chi connectivity index (χ0) is 9.68. The third-order valence-corrected chi connectivity index (χ3v) is 2.58. The molecule has 1 heterocycles. The molecule has 0 aromatic heterocycles. The minimum atomic E-state index is -0.443. The number of amidine groups is 1. The number of nitrogens with zero attached hydrogens (tertiary/aromatic N) is 3. The number of hydrogen-bond donors (Lipinski definition) is 0. The van der Waals surface area contributed by atoms with Gasteiger partial charge in [-0.1, -0.05) is 11.8 Å². The summed E-state index contributed by atoms with van der Waals surface area (Å²) in [5.41, 5.74) is 0. The summed E-state index contributed by atoms with van der Waals surface area (Å²) in [7, 11) is 3.11. The van der Waals surface area contributed by atoms with Gasteiger partial charge in [-0.15, -0.1) is 4.99 Å². The lowest BCUT2D eigenvalue weighted by molar-refractivity contribution is -0.168. The van der Waals surface area contributed by atoms with Crippen molar-refractivity contribution >= 4 is 16.9 Å². The minimum absolute atomic E-state index is 0.443. The summed E-state index contributed by atoms with van der Waals surface area (Å²) in [4.78, 5) is 5.49. The zero-order valence-electron chi connectivity index (χ0n) is 7.56. The van der Waals surface area contributed by atoms with Gasteiger partial charge in [0.05, 0.1) is 0 Å². The maximum absolute atomic E-state index is 8.41. The van der Waals surface area contributed by atoms with E-state index in [1.807, 2.05) is 4.90 Å². The first-order chi connectivity index (χ1) is 6.33. The van der Waals surface area contributed by atoms with E-state index in [1.165, 1.54) is 11.8 Å². The van der Waals surface area contributed by atoms with E-state index in [9.17, 15) is 0 Å². The van der Waals surface area contributed by atoms with Gasteiger partial charge in [0.2, 0.25) is 12.6 Å². The molecule has 1 saturated heterocycles. The van der Waals surface area contributed by atoms with Crippen molar-refractivity contribution in [3.8, 4) is 6.19 Å². The third-order valence-electron chi connectivity index (χ3n) is 1.61. The number of rotatable bonds is 3. The average Bonchev–Trinajstić information content (AvgIpc) is 2.57. The van der Waals surface area contributed by atoms with Crippen molar-refractivity contribution in [2.24, 2.45) is 4.99 Å². The first kappa shape index (κ1) is 10.3. The molecule has 0 saturated carbocycles. The fourth-order valence-corrected chi connectivity index (χ4v) is 2.02. The molecule has 6 heteroatoms. The van der Waals surface area contributed by atoms with Crippen molar-refractivity contribution in [3.05, 3.63) is 0 Å². The summed E-state index contributed by atoms with van der Waals surface area (Å²) in [5.74, 6) is 0.906. The smallest absolute Gasteiger partial charge is 0.241 e. The van der Waals surface area contributed by atoms with Gasteiger partial charge >= 0.3 is 0 Å². The predicted molar refractivity (Wildman–Crippen MR) is 50.0 cm³/mol. The molecule has 0 spiro atoms. The van der Waals surface area contributed by atoms with E-state index in [-0.39, 0.29) is 0 Å². The van der Waals surface area contributed by atoms with Crippen molar-refractivity contribution in [1.29, 1.82) is 5.26 Å². The average molecular weight is 201 g/mol. The molecule has 1 aliphatic heterocycles. The van der Waals surface area contributed by atoms with E-state index in [2.05, 4.69) is 4.99 Å². The molecule has 0 atom stereocenters. The molecule has 5 nitrogen and oxygen atoms in total. The second-order valence-electron chi connectivity index (χ2n) is 2.31. The molecule has 0 aromatic carbocycles. The van der Waals surface area contributed by atoms with Gasteiger partial charge in [0.25, 0.3) is 0 Å².